The average Bonchev–Trinajstić information content (AvgIpc) is 2.60. The first-order valence-electron chi connectivity index (χ1n) is 4.80. The number of nitrogens with zero attached hydrogens (tertiary/aromatic N) is 2. The molecule has 0 radical (unpaired) electrons. The molecule has 16 heavy (non-hydrogen) atoms. The Morgan fingerprint density at radius 2 is 2.25 bits per heavy atom. The summed E-state index contributed by atoms with van der Waals surface area (Å²) in [6.45, 7) is 0.674. The number of aromatic nitrogens is 1. The van der Waals surface area contributed by atoms with Gasteiger partial charge in [0.2, 0.25) is 5.91 Å². The van der Waals surface area contributed by atoms with Gasteiger partial charge in [-0.1, -0.05) is 39.1 Å². The first-order chi connectivity index (χ1) is 7.61. The second-order valence-corrected chi connectivity index (χ2v) is 5.07. The first kappa shape index (κ1) is 12.1. The number of halogens is 3. The van der Waals surface area contributed by atoms with Crippen LogP contribution in [-0.2, 0) is 4.79 Å². The van der Waals surface area contributed by atoms with Crippen LogP contribution in [0.4, 0.5) is 5.69 Å². The average molecular weight is 324 g/mol. The van der Waals surface area contributed by atoms with Crippen molar-refractivity contribution in [2.24, 2.45) is 5.92 Å². The highest BCUT2D eigenvalue weighted by Gasteiger charge is 2.31. The predicted octanol–water partition coefficient (Wildman–Crippen LogP) is 3.14. The standard InChI is InChI=1S/C10H9BrCl2N2O/c11-4-6-3-9(16)15(5-6)7-1-2-8(12)14-10(7)13/h1-2,6H,3-5H2. The van der Waals surface area contributed by atoms with Crippen molar-refractivity contribution in [2.45, 2.75) is 6.42 Å². The zero-order valence-corrected chi connectivity index (χ0v) is 11.4. The zero-order chi connectivity index (χ0) is 11.7. The fraction of sp³-hybridized carbons (Fsp3) is 0.400. The normalized spacial score (nSPS) is 20.6. The highest BCUT2D eigenvalue weighted by Crippen LogP contribution is 2.31. The van der Waals surface area contributed by atoms with Gasteiger partial charge >= 0.3 is 0 Å². The van der Waals surface area contributed by atoms with Crippen LogP contribution in [0.5, 0.6) is 0 Å². The lowest BCUT2D eigenvalue weighted by Crippen LogP contribution is -2.25. The van der Waals surface area contributed by atoms with Crippen LogP contribution in [-0.4, -0.2) is 22.8 Å². The van der Waals surface area contributed by atoms with Crippen molar-refractivity contribution < 1.29 is 4.79 Å². The Hall–Kier alpha value is -0.320. The largest absolute Gasteiger partial charge is 0.309 e. The molecule has 0 spiro atoms. The third kappa shape index (κ3) is 2.34. The van der Waals surface area contributed by atoms with Crippen LogP contribution in [0.25, 0.3) is 0 Å². The number of carbonyl (C=O) groups excluding carboxylic acids is 1. The fourth-order valence-electron chi connectivity index (χ4n) is 1.72. The number of rotatable bonds is 2. The van der Waals surface area contributed by atoms with E-state index in [4.69, 9.17) is 23.2 Å². The molecule has 1 atom stereocenters. The molecule has 1 unspecified atom stereocenters. The topological polar surface area (TPSA) is 33.2 Å². The second kappa shape index (κ2) is 4.90. The molecule has 0 bridgehead atoms. The van der Waals surface area contributed by atoms with E-state index >= 15 is 0 Å². The van der Waals surface area contributed by atoms with Crippen LogP contribution in [0.15, 0.2) is 12.1 Å². The van der Waals surface area contributed by atoms with E-state index in [2.05, 4.69) is 20.9 Å². The number of carbonyl (C=O) groups is 1. The van der Waals surface area contributed by atoms with E-state index in [0.717, 1.165) is 5.33 Å². The van der Waals surface area contributed by atoms with Gasteiger partial charge in [0.25, 0.3) is 0 Å². The smallest absolute Gasteiger partial charge is 0.227 e. The van der Waals surface area contributed by atoms with E-state index in [1.165, 1.54) is 0 Å². The summed E-state index contributed by atoms with van der Waals surface area (Å²) in [5.74, 6) is 0.412. The van der Waals surface area contributed by atoms with Gasteiger partial charge in [0, 0.05) is 18.3 Å². The van der Waals surface area contributed by atoms with Crippen LogP contribution < -0.4 is 4.90 Å². The van der Waals surface area contributed by atoms with E-state index in [0.29, 0.717) is 29.7 Å². The van der Waals surface area contributed by atoms with Crippen molar-refractivity contribution in [1.82, 2.24) is 4.98 Å². The van der Waals surface area contributed by atoms with Crippen molar-refractivity contribution in [2.75, 3.05) is 16.8 Å². The maximum absolute atomic E-state index is 11.8. The third-order valence-electron chi connectivity index (χ3n) is 2.51. The summed E-state index contributed by atoms with van der Waals surface area (Å²) in [6.07, 6.45) is 0.546. The minimum Gasteiger partial charge on any atom is -0.309 e. The summed E-state index contributed by atoms with van der Waals surface area (Å²) in [5, 5.41) is 1.42. The van der Waals surface area contributed by atoms with Crippen molar-refractivity contribution in [3.8, 4) is 0 Å². The Kier molecular flexibility index (Phi) is 3.72. The van der Waals surface area contributed by atoms with E-state index < -0.39 is 0 Å². The molecule has 6 heteroatoms. The molecule has 0 aromatic carbocycles. The molecular formula is C10H9BrCl2N2O. The second-order valence-electron chi connectivity index (χ2n) is 3.67. The first-order valence-corrected chi connectivity index (χ1v) is 6.68. The lowest BCUT2D eigenvalue weighted by molar-refractivity contribution is -0.117. The van der Waals surface area contributed by atoms with Gasteiger partial charge in [-0.25, -0.2) is 4.98 Å². The van der Waals surface area contributed by atoms with Gasteiger partial charge in [0.1, 0.15) is 5.15 Å². The molecule has 3 nitrogen and oxygen atoms in total. The molecule has 1 fully saturated rings. The molecule has 0 aliphatic carbocycles. The van der Waals surface area contributed by atoms with E-state index in [9.17, 15) is 4.79 Å². The van der Waals surface area contributed by atoms with Gasteiger partial charge in [0.05, 0.1) is 5.69 Å². The summed E-state index contributed by atoms with van der Waals surface area (Å²) < 4.78 is 0. The number of hydrogen-bond donors (Lipinski definition) is 0. The Balaban J connectivity index is 2.28. The quantitative estimate of drug-likeness (QED) is 0.619. The maximum atomic E-state index is 11.8. The molecule has 1 aromatic heterocycles. The lowest BCUT2D eigenvalue weighted by atomic mass is 10.2. The summed E-state index contributed by atoms with van der Waals surface area (Å²) >= 11 is 15.1. The number of hydrogen-bond acceptors (Lipinski definition) is 2. The molecule has 1 aromatic rings. The molecule has 0 saturated carbocycles. The van der Waals surface area contributed by atoms with Crippen molar-refractivity contribution in [3.63, 3.8) is 0 Å². The molecule has 1 aliphatic rings. The summed E-state index contributed by atoms with van der Waals surface area (Å²) in [5.41, 5.74) is 0.638. The molecule has 1 aliphatic heterocycles. The van der Waals surface area contributed by atoms with Crippen molar-refractivity contribution >= 4 is 50.7 Å². The Morgan fingerprint density at radius 1 is 1.50 bits per heavy atom. The van der Waals surface area contributed by atoms with Gasteiger partial charge in [-0.15, -0.1) is 0 Å². The van der Waals surface area contributed by atoms with Gasteiger partial charge in [0.15, 0.2) is 5.15 Å². The van der Waals surface area contributed by atoms with Gasteiger partial charge in [-0.05, 0) is 18.1 Å². The number of alkyl halides is 1. The van der Waals surface area contributed by atoms with Gasteiger partial charge in [-0.2, -0.15) is 0 Å². The summed E-state index contributed by atoms with van der Waals surface area (Å²) in [6, 6.07) is 3.36. The number of amides is 1. The van der Waals surface area contributed by atoms with E-state index in [1.54, 1.807) is 17.0 Å². The maximum Gasteiger partial charge on any atom is 0.227 e. The van der Waals surface area contributed by atoms with Crippen LogP contribution in [0, 0.1) is 5.92 Å². The molecular weight excluding hydrogens is 315 g/mol. The minimum atomic E-state index is 0.0791. The van der Waals surface area contributed by atoms with Gasteiger partial charge in [-0.3, -0.25) is 4.79 Å². The van der Waals surface area contributed by atoms with Crippen LogP contribution >= 0.6 is 39.1 Å². The highest BCUT2D eigenvalue weighted by atomic mass is 79.9. The van der Waals surface area contributed by atoms with Crippen LogP contribution in [0.2, 0.25) is 10.3 Å². The van der Waals surface area contributed by atoms with Crippen molar-refractivity contribution in [1.29, 1.82) is 0 Å². The Bertz CT molecular complexity index is 427. The van der Waals surface area contributed by atoms with E-state index in [-0.39, 0.29) is 11.1 Å². The Morgan fingerprint density at radius 3 is 2.81 bits per heavy atom. The zero-order valence-electron chi connectivity index (χ0n) is 8.29. The Labute approximate surface area is 112 Å². The molecule has 2 heterocycles. The SMILES string of the molecule is O=C1CC(CBr)CN1c1ccc(Cl)nc1Cl. The summed E-state index contributed by atoms with van der Waals surface area (Å²) in [7, 11) is 0. The van der Waals surface area contributed by atoms with Gasteiger partial charge < -0.3 is 4.90 Å². The monoisotopic (exact) mass is 322 g/mol. The number of anilines is 1. The number of pyridine rings is 1. The van der Waals surface area contributed by atoms with Crippen molar-refractivity contribution in [3.05, 3.63) is 22.4 Å². The minimum absolute atomic E-state index is 0.0791. The summed E-state index contributed by atoms with van der Waals surface area (Å²) in [4.78, 5) is 17.4. The third-order valence-corrected chi connectivity index (χ3v) is 3.91. The lowest BCUT2D eigenvalue weighted by Gasteiger charge is -2.17. The fourth-order valence-corrected chi connectivity index (χ4v) is 2.60. The van der Waals surface area contributed by atoms with Crippen LogP contribution in [0.1, 0.15) is 6.42 Å². The molecule has 2 rings (SSSR count). The molecule has 1 amide bonds. The highest BCUT2D eigenvalue weighted by molar-refractivity contribution is 9.09. The van der Waals surface area contributed by atoms with Crippen LogP contribution in [0.3, 0.4) is 0 Å². The molecule has 0 N–H and O–H groups in total. The predicted molar refractivity (Wildman–Crippen MR) is 68.5 cm³/mol. The molecule has 1 saturated heterocycles. The molecule has 86 valence electrons. The van der Waals surface area contributed by atoms with E-state index in [1.807, 2.05) is 0 Å².